The van der Waals surface area contributed by atoms with Crippen LogP contribution in [0.4, 0.5) is 0 Å². The van der Waals surface area contributed by atoms with Gasteiger partial charge in [0.25, 0.3) is 0 Å². The van der Waals surface area contributed by atoms with Crippen molar-refractivity contribution >= 4 is 9.84 Å². The Kier molecular flexibility index (Phi) is 9.71. The lowest BCUT2D eigenvalue weighted by molar-refractivity contribution is 0.223. The highest BCUT2D eigenvalue weighted by Gasteiger charge is 2.28. The molecular weight excluding hydrogens is 258 g/mol. The van der Waals surface area contributed by atoms with Crippen molar-refractivity contribution in [2.24, 2.45) is 5.41 Å². The van der Waals surface area contributed by atoms with Gasteiger partial charge in [0.15, 0.2) is 0 Å². The number of sulfone groups is 1. The first kappa shape index (κ1) is 18.9. The Balaban J connectivity index is 4.60. The van der Waals surface area contributed by atoms with E-state index in [2.05, 4.69) is 26.1 Å². The molecule has 0 aromatic carbocycles. The number of unbranched alkanes of at least 4 members (excludes halogenated alkanes) is 1. The van der Waals surface area contributed by atoms with Crippen molar-refractivity contribution in [3.8, 4) is 0 Å². The molecule has 0 aromatic rings. The van der Waals surface area contributed by atoms with Gasteiger partial charge in [-0.3, -0.25) is 0 Å². The van der Waals surface area contributed by atoms with Crippen molar-refractivity contribution < 1.29 is 8.42 Å². The van der Waals surface area contributed by atoms with E-state index in [9.17, 15) is 8.42 Å². The Labute approximate surface area is 120 Å². The van der Waals surface area contributed by atoms with Crippen LogP contribution in [0.5, 0.6) is 0 Å². The van der Waals surface area contributed by atoms with Crippen LogP contribution in [0.1, 0.15) is 66.2 Å². The highest BCUT2D eigenvalue weighted by atomic mass is 32.2. The molecule has 116 valence electrons. The van der Waals surface area contributed by atoms with E-state index in [0.717, 1.165) is 38.8 Å². The highest BCUT2D eigenvalue weighted by molar-refractivity contribution is 7.91. The minimum absolute atomic E-state index is 0.160. The Hall–Kier alpha value is -0.0900. The van der Waals surface area contributed by atoms with Gasteiger partial charge in [-0.05, 0) is 37.6 Å². The summed E-state index contributed by atoms with van der Waals surface area (Å²) in [7, 11) is -2.85. The van der Waals surface area contributed by atoms with Crippen LogP contribution in [0.2, 0.25) is 0 Å². The van der Waals surface area contributed by atoms with Crippen LogP contribution in [0, 0.1) is 5.41 Å². The highest BCUT2D eigenvalue weighted by Crippen LogP contribution is 2.32. The summed E-state index contributed by atoms with van der Waals surface area (Å²) >= 11 is 0. The summed E-state index contributed by atoms with van der Waals surface area (Å²) in [6.45, 7) is 10.3. The first-order chi connectivity index (χ1) is 8.95. The molecule has 0 heterocycles. The normalized spacial score (nSPS) is 15.4. The van der Waals surface area contributed by atoms with Crippen LogP contribution < -0.4 is 5.32 Å². The lowest BCUT2D eigenvalue weighted by atomic mass is 9.77. The minimum atomic E-state index is -2.85. The van der Waals surface area contributed by atoms with Crippen molar-refractivity contribution in [2.45, 2.75) is 66.2 Å². The van der Waals surface area contributed by atoms with Crippen LogP contribution in [-0.2, 0) is 9.84 Å². The molecule has 4 heteroatoms. The van der Waals surface area contributed by atoms with Crippen LogP contribution in [0.25, 0.3) is 0 Å². The summed E-state index contributed by atoms with van der Waals surface area (Å²) in [6.07, 6.45) is 6.49. The van der Waals surface area contributed by atoms with Crippen molar-refractivity contribution in [2.75, 3.05) is 24.6 Å². The summed E-state index contributed by atoms with van der Waals surface area (Å²) in [5, 5.41) is 3.50. The molecule has 3 nitrogen and oxygen atoms in total. The molecule has 0 rings (SSSR count). The maximum atomic E-state index is 11.7. The molecule has 0 saturated carbocycles. The Bertz CT molecular complexity index is 314. The average Bonchev–Trinajstić information content (AvgIpc) is 2.42. The van der Waals surface area contributed by atoms with E-state index in [1.807, 2.05) is 0 Å². The summed E-state index contributed by atoms with van der Waals surface area (Å²) in [6, 6.07) is 0. The second kappa shape index (κ2) is 9.76. The van der Waals surface area contributed by atoms with Crippen molar-refractivity contribution in [3.05, 3.63) is 0 Å². The van der Waals surface area contributed by atoms with Gasteiger partial charge in [-0.15, -0.1) is 0 Å². The third-order valence-electron chi connectivity index (χ3n) is 4.12. The van der Waals surface area contributed by atoms with Gasteiger partial charge in [0.05, 0.1) is 5.75 Å². The smallest absolute Gasteiger partial charge is 0.150 e. The second-order valence-electron chi connectivity index (χ2n) is 5.62. The molecule has 1 unspecified atom stereocenters. The number of hydrogen-bond acceptors (Lipinski definition) is 3. The third-order valence-corrected chi connectivity index (χ3v) is 5.83. The topological polar surface area (TPSA) is 46.2 Å². The van der Waals surface area contributed by atoms with Crippen LogP contribution >= 0.6 is 0 Å². The molecule has 0 aliphatic heterocycles. The largest absolute Gasteiger partial charge is 0.316 e. The van der Waals surface area contributed by atoms with Crippen molar-refractivity contribution in [1.29, 1.82) is 0 Å². The average molecular weight is 292 g/mol. The summed E-state index contributed by atoms with van der Waals surface area (Å²) in [4.78, 5) is 0. The summed E-state index contributed by atoms with van der Waals surface area (Å²) in [5.41, 5.74) is 0.160. The van der Waals surface area contributed by atoms with Gasteiger partial charge in [-0.2, -0.15) is 0 Å². The Morgan fingerprint density at radius 3 is 2.16 bits per heavy atom. The van der Waals surface area contributed by atoms with E-state index in [4.69, 9.17) is 0 Å². The fraction of sp³-hybridized carbons (Fsp3) is 1.00. The summed E-state index contributed by atoms with van der Waals surface area (Å²) in [5.74, 6) is 0.609. The zero-order valence-electron chi connectivity index (χ0n) is 13.3. The molecule has 0 saturated heterocycles. The molecule has 0 spiro atoms. The minimum Gasteiger partial charge on any atom is -0.316 e. The first-order valence-corrected chi connectivity index (χ1v) is 9.68. The van der Waals surface area contributed by atoms with Crippen molar-refractivity contribution in [1.82, 2.24) is 5.32 Å². The lowest BCUT2D eigenvalue weighted by Crippen LogP contribution is -2.36. The molecule has 1 atom stereocenters. The molecule has 0 bridgehead atoms. The van der Waals surface area contributed by atoms with Gasteiger partial charge in [0, 0.05) is 12.3 Å². The fourth-order valence-electron chi connectivity index (χ4n) is 2.38. The Morgan fingerprint density at radius 1 is 1.00 bits per heavy atom. The predicted octanol–water partition coefficient (Wildman–Crippen LogP) is 3.40. The van der Waals surface area contributed by atoms with Crippen LogP contribution in [-0.4, -0.2) is 33.0 Å². The van der Waals surface area contributed by atoms with E-state index in [1.54, 1.807) is 6.92 Å². The van der Waals surface area contributed by atoms with E-state index < -0.39 is 9.84 Å². The van der Waals surface area contributed by atoms with Crippen molar-refractivity contribution in [3.63, 3.8) is 0 Å². The predicted molar refractivity (Wildman–Crippen MR) is 84.4 cm³/mol. The molecular formula is C15H33NO2S. The van der Waals surface area contributed by atoms with Gasteiger partial charge in [-0.25, -0.2) is 8.42 Å². The standard InChI is InChI=1S/C15H33NO2S/c1-5-9-10-15(7-3,14-16-12-6-2)11-13-19(17,18)8-4/h16H,5-14H2,1-4H3. The zero-order chi connectivity index (χ0) is 14.8. The molecule has 0 radical (unpaired) electrons. The first-order valence-electron chi connectivity index (χ1n) is 7.86. The third kappa shape index (κ3) is 7.93. The molecule has 0 aliphatic rings. The van der Waals surface area contributed by atoms with Gasteiger partial charge in [-0.1, -0.05) is 40.5 Å². The fourth-order valence-corrected chi connectivity index (χ4v) is 3.41. The SMILES string of the molecule is CCCCC(CC)(CCS(=O)(=O)CC)CNCCC. The molecule has 0 fully saturated rings. The number of hydrogen-bond donors (Lipinski definition) is 1. The zero-order valence-corrected chi connectivity index (χ0v) is 14.1. The van der Waals surface area contributed by atoms with Gasteiger partial charge >= 0.3 is 0 Å². The maximum Gasteiger partial charge on any atom is 0.150 e. The molecule has 0 aromatic heterocycles. The lowest BCUT2D eigenvalue weighted by Gasteiger charge is -2.33. The maximum absolute atomic E-state index is 11.7. The van der Waals surface area contributed by atoms with E-state index >= 15 is 0 Å². The number of rotatable bonds is 12. The van der Waals surface area contributed by atoms with Gasteiger partial charge in [0.2, 0.25) is 0 Å². The monoisotopic (exact) mass is 291 g/mol. The summed E-state index contributed by atoms with van der Waals surface area (Å²) < 4.78 is 23.5. The van der Waals surface area contributed by atoms with Crippen LogP contribution in [0.3, 0.4) is 0 Å². The number of nitrogens with one attached hydrogen (secondary N) is 1. The van der Waals surface area contributed by atoms with E-state index in [-0.39, 0.29) is 11.2 Å². The van der Waals surface area contributed by atoms with Gasteiger partial charge in [0.1, 0.15) is 9.84 Å². The second-order valence-corrected chi connectivity index (χ2v) is 8.09. The quantitative estimate of drug-likeness (QED) is 0.561. The van der Waals surface area contributed by atoms with Crippen LogP contribution in [0.15, 0.2) is 0 Å². The molecule has 0 aliphatic carbocycles. The molecule has 19 heavy (non-hydrogen) atoms. The molecule has 1 N–H and O–H groups in total. The van der Waals surface area contributed by atoms with E-state index in [1.165, 1.54) is 12.8 Å². The Morgan fingerprint density at radius 2 is 1.68 bits per heavy atom. The van der Waals surface area contributed by atoms with Gasteiger partial charge < -0.3 is 5.32 Å². The van der Waals surface area contributed by atoms with E-state index in [0.29, 0.717) is 5.75 Å². The molecule has 0 amide bonds.